The molecule has 3 aromatic rings. The molecule has 0 saturated heterocycles. The third kappa shape index (κ3) is 8.78. The summed E-state index contributed by atoms with van der Waals surface area (Å²) >= 11 is 3.46. The lowest BCUT2D eigenvalue weighted by Gasteiger charge is -2.13. The molecule has 0 amide bonds. The fourth-order valence-electron chi connectivity index (χ4n) is 3.99. The highest BCUT2D eigenvalue weighted by atomic mass is 79.9. The van der Waals surface area contributed by atoms with Crippen molar-refractivity contribution in [3.8, 4) is 40.5 Å². The van der Waals surface area contributed by atoms with Crippen molar-refractivity contribution in [2.45, 2.75) is 19.3 Å². The SMILES string of the molecule is COc1cc(C=Cc2cc(C=Cc3cc(OC)c(OC)c(OC)c3)nc(OCCCCCBr)n2)cc(OC)c1OC. The fraction of sp³-hybridized carbons (Fsp3) is 0.355. The molecule has 10 heteroatoms. The summed E-state index contributed by atoms with van der Waals surface area (Å²) in [4.78, 5) is 9.22. The Labute approximate surface area is 250 Å². The van der Waals surface area contributed by atoms with E-state index >= 15 is 0 Å². The molecule has 0 aliphatic rings. The van der Waals surface area contributed by atoms with E-state index in [1.165, 1.54) is 0 Å². The molecule has 0 unspecified atom stereocenters. The standard InChI is InChI=1S/C31H37BrN2O7/c1-35-25-16-21(17-26(36-2)29(25)39-5)10-12-23-20-24(34-31(33-23)41-15-9-7-8-14-32)13-11-22-18-27(37-3)30(40-6)28(19-22)38-4/h10-13,16-20H,7-9,14-15H2,1-6H3. The lowest BCUT2D eigenvalue weighted by atomic mass is 10.1. The van der Waals surface area contributed by atoms with Crippen molar-refractivity contribution in [3.05, 3.63) is 52.8 Å². The zero-order valence-corrected chi connectivity index (χ0v) is 25.9. The molecule has 41 heavy (non-hydrogen) atoms. The summed E-state index contributed by atoms with van der Waals surface area (Å²) in [5, 5.41) is 0.973. The molecule has 220 valence electrons. The second-order valence-electron chi connectivity index (χ2n) is 8.68. The molecule has 3 rings (SSSR count). The van der Waals surface area contributed by atoms with Crippen LogP contribution in [0, 0.1) is 0 Å². The molecular weight excluding hydrogens is 592 g/mol. The van der Waals surface area contributed by atoms with E-state index in [-0.39, 0.29) is 0 Å². The number of alkyl halides is 1. The topological polar surface area (TPSA) is 90.4 Å². The number of benzene rings is 2. The van der Waals surface area contributed by atoms with Gasteiger partial charge in [0.2, 0.25) is 11.5 Å². The molecule has 0 N–H and O–H groups in total. The maximum atomic E-state index is 5.93. The van der Waals surface area contributed by atoms with E-state index in [1.807, 2.05) is 54.6 Å². The van der Waals surface area contributed by atoms with Crippen LogP contribution in [0.25, 0.3) is 24.3 Å². The number of halogens is 1. The quantitative estimate of drug-likeness (QED) is 0.125. The number of nitrogens with zero attached hydrogens (tertiary/aromatic N) is 2. The molecule has 1 heterocycles. The van der Waals surface area contributed by atoms with Crippen LogP contribution in [0.15, 0.2) is 30.3 Å². The summed E-state index contributed by atoms with van der Waals surface area (Å²) in [5.41, 5.74) is 3.05. The van der Waals surface area contributed by atoms with E-state index in [1.54, 1.807) is 42.7 Å². The zero-order valence-electron chi connectivity index (χ0n) is 24.4. The number of aromatic nitrogens is 2. The summed E-state index contributed by atoms with van der Waals surface area (Å²) in [7, 11) is 9.50. The smallest absolute Gasteiger partial charge is 0.317 e. The minimum atomic E-state index is 0.306. The first kappa shape index (κ1) is 31.6. The van der Waals surface area contributed by atoms with Crippen LogP contribution in [0.3, 0.4) is 0 Å². The molecule has 9 nitrogen and oxygen atoms in total. The predicted molar refractivity (Wildman–Crippen MR) is 165 cm³/mol. The minimum absolute atomic E-state index is 0.306. The number of hydrogen-bond acceptors (Lipinski definition) is 9. The Morgan fingerprint density at radius 2 is 1.00 bits per heavy atom. The van der Waals surface area contributed by atoms with Gasteiger partial charge in [-0.3, -0.25) is 0 Å². The normalized spacial score (nSPS) is 11.1. The predicted octanol–water partition coefficient (Wildman–Crippen LogP) is 6.81. The van der Waals surface area contributed by atoms with Gasteiger partial charge in [0.05, 0.1) is 60.7 Å². The van der Waals surface area contributed by atoms with Crippen molar-refractivity contribution in [1.82, 2.24) is 9.97 Å². The Hall–Kier alpha value is -3.92. The Morgan fingerprint density at radius 1 is 0.561 bits per heavy atom. The molecule has 0 radical (unpaired) electrons. The highest BCUT2D eigenvalue weighted by Crippen LogP contribution is 2.39. The van der Waals surface area contributed by atoms with Gasteiger partial charge in [0, 0.05) is 5.33 Å². The molecule has 0 saturated carbocycles. The van der Waals surface area contributed by atoms with Gasteiger partial charge in [-0.15, -0.1) is 0 Å². The number of hydrogen-bond donors (Lipinski definition) is 0. The number of rotatable bonds is 16. The molecule has 0 atom stereocenters. The highest BCUT2D eigenvalue weighted by Gasteiger charge is 2.13. The molecule has 0 aliphatic carbocycles. The molecule has 0 spiro atoms. The van der Waals surface area contributed by atoms with Gasteiger partial charge in [0.25, 0.3) is 0 Å². The molecular formula is C31H37BrN2O7. The first-order valence-electron chi connectivity index (χ1n) is 13.0. The van der Waals surface area contributed by atoms with Gasteiger partial charge in [0.15, 0.2) is 23.0 Å². The van der Waals surface area contributed by atoms with Crippen LogP contribution >= 0.6 is 15.9 Å². The molecule has 0 fully saturated rings. The first-order chi connectivity index (χ1) is 20.0. The van der Waals surface area contributed by atoms with Crippen LogP contribution in [0.4, 0.5) is 0 Å². The van der Waals surface area contributed by atoms with Gasteiger partial charge in [-0.2, -0.15) is 9.97 Å². The van der Waals surface area contributed by atoms with Gasteiger partial charge in [-0.1, -0.05) is 28.1 Å². The number of unbranched alkanes of at least 4 members (excludes halogenated alkanes) is 2. The largest absolute Gasteiger partial charge is 0.493 e. The van der Waals surface area contributed by atoms with Crippen molar-refractivity contribution in [2.75, 3.05) is 54.6 Å². The van der Waals surface area contributed by atoms with Crippen molar-refractivity contribution in [2.24, 2.45) is 0 Å². The Morgan fingerprint density at radius 3 is 1.37 bits per heavy atom. The summed E-state index contributed by atoms with van der Waals surface area (Å²) in [6, 6.07) is 9.65. The van der Waals surface area contributed by atoms with E-state index in [2.05, 4.69) is 25.9 Å². The Balaban J connectivity index is 1.95. The summed E-state index contributed by atoms with van der Waals surface area (Å²) in [6.45, 7) is 0.531. The van der Waals surface area contributed by atoms with Gasteiger partial charge in [-0.05, 0) is 72.9 Å². The molecule has 0 aliphatic heterocycles. The van der Waals surface area contributed by atoms with Crippen LogP contribution in [-0.2, 0) is 0 Å². The summed E-state index contributed by atoms with van der Waals surface area (Å²) < 4.78 is 38.7. The minimum Gasteiger partial charge on any atom is -0.493 e. The van der Waals surface area contributed by atoms with Crippen LogP contribution < -0.4 is 33.2 Å². The maximum Gasteiger partial charge on any atom is 0.317 e. The molecule has 2 aromatic carbocycles. The molecule has 0 bridgehead atoms. The van der Waals surface area contributed by atoms with Gasteiger partial charge < -0.3 is 33.2 Å². The summed E-state index contributed by atoms with van der Waals surface area (Å²) in [6.07, 6.45) is 10.7. The van der Waals surface area contributed by atoms with Crippen molar-refractivity contribution in [3.63, 3.8) is 0 Å². The van der Waals surface area contributed by atoms with Gasteiger partial charge in [-0.25, -0.2) is 0 Å². The Kier molecular flexibility index (Phi) is 12.6. The first-order valence-corrected chi connectivity index (χ1v) is 14.2. The fourth-order valence-corrected chi connectivity index (χ4v) is 4.39. The second-order valence-corrected chi connectivity index (χ2v) is 9.48. The van der Waals surface area contributed by atoms with Crippen molar-refractivity contribution in [1.29, 1.82) is 0 Å². The average molecular weight is 630 g/mol. The van der Waals surface area contributed by atoms with E-state index in [0.29, 0.717) is 58.5 Å². The molecule has 1 aromatic heterocycles. The van der Waals surface area contributed by atoms with Gasteiger partial charge >= 0.3 is 6.01 Å². The third-order valence-electron chi connectivity index (χ3n) is 6.02. The zero-order chi connectivity index (χ0) is 29.6. The van der Waals surface area contributed by atoms with Crippen molar-refractivity contribution < 1.29 is 33.2 Å². The van der Waals surface area contributed by atoms with E-state index < -0.39 is 0 Å². The third-order valence-corrected chi connectivity index (χ3v) is 6.58. The van der Waals surface area contributed by atoms with Crippen LogP contribution in [0.5, 0.6) is 40.5 Å². The lowest BCUT2D eigenvalue weighted by Crippen LogP contribution is -2.03. The maximum absolute atomic E-state index is 5.93. The van der Waals surface area contributed by atoms with E-state index in [9.17, 15) is 0 Å². The lowest BCUT2D eigenvalue weighted by molar-refractivity contribution is 0.282. The van der Waals surface area contributed by atoms with Crippen molar-refractivity contribution >= 4 is 40.2 Å². The average Bonchev–Trinajstić information content (AvgIpc) is 3.01. The van der Waals surface area contributed by atoms with Crippen LogP contribution in [-0.4, -0.2) is 64.6 Å². The summed E-state index contributed by atoms with van der Waals surface area (Å²) in [5.74, 6) is 3.32. The highest BCUT2D eigenvalue weighted by molar-refractivity contribution is 9.09. The second kappa shape index (κ2) is 16.4. The van der Waals surface area contributed by atoms with Crippen LogP contribution in [0.2, 0.25) is 0 Å². The van der Waals surface area contributed by atoms with Gasteiger partial charge in [0.1, 0.15) is 0 Å². The number of methoxy groups -OCH3 is 6. The number of ether oxygens (including phenoxy) is 7. The van der Waals surface area contributed by atoms with Crippen LogP contribution in [0.1, 0.15) is 41.8 Å². The van der Waals surface area contributed by atoms with E-state index in [0.717, 1.165) is 35.7 Å². The van der Waals surface area contributed by atoms with E-state index in [4.69, 9.17) is 33.2 Å². The monoisotopic (exact) mass is 628 g/mol. The Bertz CT molecular complexity index is 1200.